The minimum absolute atomic E-state index is 0.104. The zero-order valence-electron chi connectivity index (χ0n) is 24.6. The smallest absolute Gasteiger partial charge is 0.303 e. The first-order chi connectivity index (χ1) is 20.9. The van der Waals surface area contributed by atoms with E-state index >= 15 is 0 Å². The summed E-state index contributed by atoms with van der Waals surface area (Å²) in [5, 5.41) is 101. The number of hydrogen-bond acceptors (Lipinski definition) is 16. The van der Waals surface area contributed by atoms with Crippen LogP contribution < -0.4 is 0 Å². The Hall–Kier alpha value is -1.13. The van der Waals surface area contributed by atoms with Crippen molar-refractivity contribution in [2.24, 2.45) is 0 Å². The van der Waals surface area contributed by atoms with Gasteiger partial charge in [0.05, 0.1) is 19.3 Å². The molecule has 0 aliphatic carbocycles. The summed E-state index contributed by atoms with van der Waals surface area (Å²) in [6.45, 7) is 0.0865. The molecule has 0 spiro atoms. The second-order valence-corrected chi connectivity index (χ2v) is 11.4. The van der Waals surface area contributed by atoms with Crippen molar-refractivity contribution in [3.63, 3.8) is 0 Å². The van der Waals surface area contributed by atoms with E-state index < -0.39 is 111 Å². The number of carboxylic acid groups (broad SMARTS) is 1. The van der Waals surface area contributed by atoms with Gasteiger partial charge in [-0.15, -0.1) is 0 Å². The molecule has 3 heterocycles. The minimum Gasteiger partial charge on any atom is -0.481 e. The van der Waals surface area contributed by atoms with E-state index in [-0.39, 0.29) is 13.0 Å². The van der Waals surface area contributed by atoms with Crippen molar-refractivity contribution in [2.45, 2.75) is 144 Å². The summed E-state index contributed by atoms with van der Waals surface area (Å²) in [6, 6.07) is 0. The molecule has 17 nitrogen and oxygen atoms in total. The Bertz CT molecular complexity index is 849. The second-order valence-electron chi connectivity index (χ2n) is 11.4. The van der Waals surface area contributed by atoms with E-state index in [9.17, 15) is 50.8 Å². The zero-order valence-corrected chi connectivity index (χ0v) is 24.6. The van der Waals surface area contributed by atoms with Crippen LogP contribution >= 0.6 is 0 Å². The molecular formula is C27H48O17. The van der Waals surface area contributed by atoms with Gasteiger partial charge >= 0.3 is 5.97 Å². The van der Waals surface area contributed by atoms with Crippen LogP contribution in [0.15, 0.2) is 0 Å². The fourth-order valence-electron chi connectivity index (χ4n) is 5.38. The van der Waals surface area contributed by atoms with E-state index in [1.165, 1.54) is 6.92 Å². The highest BCUT2D eigenvalue weighted by Gasteiger charge is 2.54. The summed E-state index contributed by atoms with van der Waals surface area (Å²) < 4.78 is 34.4. The van der Waals surface area contributed by atoms with Gasteiger partial charge in [0.15, 0.2) is 18.9 Å². The number of unbranched alkanes of at least 4 members (excludes halogenated alkanes) is 5. The lowest BCUT2D eigenvalue weighted by molar-refractivity contribution is -0.390. The summed E-state index contributed by atoms with van der Waals surface area (Å²) in [5.74, 6) is -0.839. The van der Waals surface area contributed by atoms with Gasteiger partial charge in [0.25, 0.3) is 0 Å². The summed E-state index contributed by atoms with van der Waals surface area (Å²) >= 11 is 0. The Kier molecular flexibility index (Phi) is 15.0. The number of rotatable bonds is 16. The van der Waals surface area contributed by atoms with Crippen molar-refractivity contribution in [1.29, 1.82) is 0 Å². The molecule has 17 heteroatoms. The first kappa shape index (κ1) is 37.3. The molecule has 0 saturated carbocycles. The minimum atomic E-state index is -1.85. The maximum absolute atomic E-state index is 11.1. The van der Waals surface area contributed by atoms with Crippen molar-refractivity contribution in [3.05, 3.63) is 0 Å². The van der Waals surface area contributed by atoms with Crippen molar-refractivity contribution in [3.8, 4) is 0 Å². The molecule has 0 aromatic carbocycles. The molecule has 3 aliphatic rings. The van der Waals surface area contributed by atoms with Crippen LogP contribution in [-0.2, 0) is 33.2 Å². The van der Waals surface area contributed by atoms with E-state index in [0.29, 0.717) is 12.8 Å². The van der Waals surface area contributed by atoms with E-state index in [1.807, 2.05) is 0 Å². The zero-order chi connectivity index (χ0) is 32.6. The Morgan fingerprint density at radius 1 is 0.591 bits per heavy atom. The molecule has 3 rings (SSSR count). The molecule has 44 heavy (non-hydrogen) atoms. The van der Waals surface area contributed by atoms with Gasteiger partial charge in [-0.05, 0) is 19.8 Å². The number of aliphatic hydroxyl groups excluding tert-OH is 9. The molecule has 0 unspecified atom stereocenters. The first-order valence-corrected chi connectivity index (χ1v) is 15.0. The van der Waals surface area contributed by atoms with Crippen molar-refractivity contribution in [2.75, 3.05) is 19.8 Å². The predicted molar refractivity (Wildman–Crippen MR) is 144 cm³/mol. The monoisotopic (exact) mass is 644 g/mol. The highest BCUT2D eigenvalue weighted by atomic mass is 16.8. The fraction of sp³-hybridized carbons (Fsp3) is 0.963. The average Bonchev–Trinajstić information content (AvgIpc) is 3.00. The maximum Gasteiger partial charge on any atom is 0.303 e. The quantitative estimate of drug-likeness (QED) is 0.0724. The molecule has 258 valence electrons. The number of aliphatic hydroxyl groups is 9. The number of carbonyl (C=O) groups is 1. The lowest BCUT2D eigenvalue weighted by Crippen LogP contribution is -2.67. The van der Waals surface area contributed by atoms with Crippen molar-refractivity contribution >= 4 is 5.97 Å². The Morgan fingerprint density at radius 3 is 1.70 bits per heavy atom. The van der Waals surface area contributed by atoms with Crippen LogP contribution in [0.25, 0.3) is 0 Å². The van der Waals surface area contributed by atoms with Crippen LogP contribution in [0.4, 0.5) is 0 Å². The van der Waals surface area contributed by atoms with Gasteiger partial charge in [0.2, 0.25) is 0 Å². The maximum atomic E-state index is 11.1. The predicted octanol–water partition coefficient (Wildman–Crippen LogP) is -3.71. The molecule has 3 aliphatic heterocycles. The number of hydrogen-bond donors (Lipinski definition) is 10. The van der Waals surface area contributed by atoms with Gasteiger partial charge in [-0.2, -0.15) is 0 Å². The van der Waals surface area contributed by atoms with Crippen molar-refractivity contribution < 1.29 is 84.3 Å². The van der Waals surface area contributed by atoms with E-state index in [4.69, 9.17) is 33.5 Å². The van der Waals surface area contributed by atoms with Crippen LogP contribution in [0, 0.1) is 0 Å². The van der Waals surface area contributed by atoms with Crippen molar-refractivity contribution in [1.82, 2.24) is 0 Å². The number of aliphatic carboxylic acids is 1. The molecule has 0 aromatic rings. The van der Waals surface area contributed by atoms with Crippen LogP contribution in [0.3, 0.4) is 0 Å². The Labute approximate surface area is 254 Å². The summed E-state index contributed by atoms with van der Waals surface area (Å²) in [5.41, 5.74) is 0. The van der Waals surface area contributed by atoms with E-state index in [2.05, 4.69) is 0 Å². The van der Waals surface area contributed by atoms with Crippen LogP contribution in [0.2, 0.25) is 0 Å². The average molecular weight is 645 g/mol. The van der Waals surface area contributed by atoms with E-state index in [0.717, 1.165) is 25.7 Å². The topological polar surface area (TPSA) is 275 Å². The molecular weight excluding hydrogens is 596 g/mol. The molecule has 0 radical (unpaired) electrons. The van der Waals surface area contributed by atoms with Gasteiger partial charge in [-0.25, -0.2) is 0 Å². The van der Waals surface area contributed by atoms with Crippen LogP contribution in [-0.4, -0.2) is 169 Å². The number of carboxylic acids is 1. The summed E-state index contributed by atoms with van der Waals surface area (Å²) in [6.07, 6.45) is -18.8. The summed E-state index contributed by atoms with van der Waals surface area (Å²) in [7, 11) is 0. The molecule has 0 bridgehead atoms. The largest absolute Gasteiger partial charge is 0.481 e. The molecule has 10 N–H and O–H groups in total. The number of ether oxygens (including phenoxy) is 6. The molecule has 3 saturated heterocycles. The molecule has 0 amide bonds. The fourth-order valence-corrected chi connectivity index (χ4v) is 5.38. The lowest BCUT2D eigenvalue weighted by atomic mass is 9.96. The Balaban J connectivity index is 1.75. The molecule has 3 fully saturated rings. The SMILES string of the molecule is C[C@@H]1O[C@@H](O[C@H]2[C@H](OCCCCCCCCC(=O)O)O[C@H](CO)[C@H](O)[C@@H]2O[C@H]2O[C@H](CO)[C@H](O)[C@H](O)[C@H]2O)[C@@H](O)[C@H](O)[C@@H]1O. The normalized spacial score (nSPS) is 43.2. The second kappa shape index (κ2) is 17.7. The first-order valence-electron chi connectivity index (χ1n) is 15.0. The standard InChI is InChI=1S/C27H48O17/c1-12-16(32)19(35)21(37)25(40-12)44-24-23(43-26-22(38)20(36)17(33)13(10-28)41-26)18(34)14(11-29)42-27(24)39-9-7-5-3-2-4-6-8-15(30)31/h12-14,16-29,32-38H,2-11H2,1H3,(H,30,31)/t12-,13+,14+,16+,17-,18-,19+,20-,21-,22+,23-,24+,25-,26+,27+/m0/s1. The highest BCUT2D eigenvalue weighted by molar-refractivity contribution is 5.66. The van der Waals surface area contributed by atoms with Gasteiger partial charge in [0, 0.05) is 13.0 Å². The Morgan fingerprint density at radius 2 is 1.09 bits per heavy atom. The molecule has 0 aromatic heterocycles. The third-order valence-corrected chi connectivity index (χ3v) is 8.10. The van der Waals surface area contributed by atoms with Gasteiger partial charge in [-0.1, -0.05) is 25.7 Å². The van der Waals surface area contributed by atoms with Gasteiger partial charge in [0.1, 0.15) is 67.1 Å². The third-order valence-electron chi connectivity index (χ3n) is 8.10. The van der Waals surface area contributed by atoms with Gasteiger partial charge < -0.3 is 79.5 Å². The van der Waals surface area contributed by atoms with Crippen LogP contribution in [0.5, 0.6) is 0 Å². The van der Waals surface area contributed by atoms with Crippen LogP contribution in [0.1, 0.15) is 51.9 Å². The van der Waals surface area contributed by atoms with E-state index in [1.54, 1.807) is 0 Å². The summed E-state index contributed by atoms with van der Waals surface area (Å²) in [4.78, 5) is 10.6. The highest BCUT2D eigenvalue weighted by Crippen LogP contribution is 2.33. The molecule has 15 atom stereocenters. The lowest BCUT2D eigenvalue weighted by Gasteiger charge is -2.48. The third kappa shape index (κ3) is 9.46. The van der Waals surface area contributed by atoms with Gasteiger partial charge in [-0.3, -0.25) is 4.79 Å².